The third kappa shape index (κ3) is 1.85. The summed E-state index contributed by atoms with van der Waals surface area (Å²) >= 11 is 0. The van der Waals surface area contributed by atoms with Crippen LogP contribution in [0.15, 0.2) is 18.2 Å². The minimum Gasteiger partial charge on any atom is -0.388 e. The van der Waals surface area contributed by atoms with E-state index in [0.717, 1.165) is 5.56 Å². The van der Waals surface area contributed by atoms with Crippen LogP contribution in [-0.2, 0) is 0 Å². The summed E-state index contributed by atoms with van der Waals surface area (Å²) in [4.78, 5) is 11.3. The molecule has 0 aromatic heterocycles. The molecule has 1 aliphatic carbocycles. The Bertz CT molecular complexity index is 365. The van der Waals surface area contributed by atoms with E-state index in [-0.39, 0.29) is 5.78 Å². The molecule has 14 heavy (non-hydrogen) atoms. The van der Waals surface area contributed by atoms with Crippen LogP contribution in [0.1, 0.15) is 40.2 Å². The van der Waals surface area contributed by atoms with Crippen LogP contribution in [0.5, 0.6) is 0 Å². The van der Waals surface area contributed by atoms with Crippen LogP contribution < -0.4 is 0 Å². The number of hydrogen-bond acceptors (Lipinski definition) is 2. The second kappa shape index (κ2) is 3.54. The molecule has 2 heteroatoms. The van der Waals surface area contributed by atoms with Gasteiger partial charge >= 0.3 is 0 Å². The molecule has 0 atom stereocenters. The van der Waals surface area contributed by atoms with Crippen LogP contribution in [-0.4, -0.2) is 17.5 Å². The molecule has 1 aromatic rings. The van der Waals surface area contributed by atoms with Crippen molar-refractivity contribution in [2.24, 2.45) is 0 Å². The molecule has 0 radical (unpaired) electrons. The molecular formula is C12H14O2. The smallest absolute Gasteiger partial charge is 0.188 e. The summed E-state index contributed by atoms with van der Waals surface area (Å²) < 4.78 is 0. The van der Waals surface area contributed by atoms with Crippen molar-refractivity contribution in [2.45, 2.75) is 25.7 Å². The number of rotatable bonds is 3. The molecule has 74 valence electrons. The molecule has 0 saturated heterocycles. The summed E-state index contributed by atoms with van der Waals surface area (Å²) in [6.45, 7) is 1.59. The van der Waals surface area contributed by atoms with Gasteiger partial charge in [0.15, 0.2) is 5.78 Å². The lowest BCUT2D eigenvalue weighted by atomic mass is 10.0. The normalized spacial score (nSPS) is 15.6. The maximum absolute atomic E-state index is 11.3. The van der Waals surface area contributed by atoms with Crippen molar-refractivity contribution < 1.29 is 9.90 Å². The molecule has 0 bridgehead atoms. The Morgan fingerprint density at radius 1 is 1.43 bits per heavy atom. The molecule has 0 amide bonds. The van der Waals surface area contributed by atoms with Gasteiger partial charge < -0.3 is 5.11 Å². The monoisotopic (exact) mass is 190 g/mol. The zero-order valence-corrected chi connectivity index (χ0v) is 8.29. The maximum atomic E-state index is 11.3. The topological polar surface area (TPSA) is 37.3 Å². The number of aliphatic hydroxyl groups excluding tert-OH is 1. The van der Waals surface area contributed by atoms with Gasteiger partial charge in [-0.1, -0.05) is 11.6 Å². The Kier molecular flexibility index (Phi) is 2.38. The van der Waals surface area contributed by atoms with Gasteiger partial charge in [-0.15, -0.1) is 0 Å². The summed E-state index contributed by atoms with van der Waals surface area (Å²) in [6, 6.07) is 5.89. The van der Waals surface area contributed by atoms with Gasteiger partial charge in [-0.2, -0.15) is 0 Å². The lowest BCUT2D eigenvalue weighted by molar-refractivity contribution is 0.0903. The van der Waals surface area contributed by atoms with Gasteiger partial charge in [-0.3, -0.25) is 4.79 Å². The van der Waals surface area contributed by atoms with Crippen molar-refractivity contribution >= 4 is 5.78 Å². The highest BCUT2D eigenvalue weighted by Gasteiger charge is 2.24. The number of hydrogen-bond donors (Lipinski definition) is 1. The van der Waals surface area contributed by atoms with E-state index in [4.69, 9.17) is 5.11 Å². The SMILES string of the molecule is Cc1cc(C(=O)CO)cc(C2CC2)c1. The first kappa shape index (κ1) is 9.41. The van der Waals surface area contributed by atoms with Gasteiger partial charge in [0.2, 0.25) is 0 Å². The average Bonchev–Trinajstić information content (AvgIpc) is 2.98. The minimum atomic E-state index is -0.395. The molecule has 0 heterocycles. The zero-order chi connectivity index (χ0) is 10.1. The van der Waals surface area contributed by atoms with Crippen molar-refractivity contribution in [3.63, 3.8) is 0 Å². The second-order valence-corrected chi connectivity index (χ2v) is 3.99. The third-order valence-electron chi connectivity index (χ3n) is 2.61. The summed E-state index contributed by atoms with van der Waals surface area (Å²) in [5, 5.41) is 8.77. The van der Waals surface area contributed by atoms with E-state index in [1.807, 2.05) is 19.1 Å². The standard InChI is InChI=1S/C12H14O2/c1-8-4-10(9-2-3-9)6-11(5-8)12(14)7-13/h4-6,9,13H,2-3,7H2,1H3. The number of ketones is 1. The predicted octanol–water partition coefficient (Wildman–Crippen LogP) is 2.05. The quantitative estimate of drug-likeness (QED) is 0.741. The molecule has 1 aliphatic rings. The van der Waals surface area contributed by atoms with Crippen molar-refractivity contribution in [3.05, 3.63) is 34.9 Å². The van der Waals surface area contributed by atoms with Gasteiger partial charge in [0, 0.05) is 5.56 Å². The molecule has 0 aliphatic heterocycles. The summed E-state index contributed by atoms with van der Waals surface area (Å²) in [7, 11) is 0. The number of carbonyl (C=O) groups is 1. The van der Waals surface area contributed by atoms with Crippen LogP contribution in [0.3, 0.4) is 0 Å². The maximum Gasteiger partial charge on any atom is 0.188 e. The van der Waals surface area contributed by atoms with Gasteiger partial charge in [0.25, 0.3) is 0 Å². The van der Waals surface area contributed by atoms with E-state index >= 15 is 0 Å². The molecule has 1 N–H and O–H groups in total. The predicted molar refractivity (Wildman–Crippen MR) is 54.6 cm³/mol. The molecular weight excluding hydrogens is 176 g/mol. The first-order valence-corrected chi connectivity index (χ1v) is 4.96. The van der Waals surface area contributed by atoms with Gasteiger partial charge in [0.05, 0.1) is 0 Å². The first-order valence-electron chi connectivity index (χ1n) is 4.96. The van der Waals surface area contributed by atoms with E-state index in [1.165, 1.54) is 18.4 Å². The largest absolute Gasteiger partial charge is 0.388 e. The third-order valence-corrected chi connectivity index (χ3v) is 2.61. The van der Waals surface area contributed by atoms with Gasteiger partial charge in [-0.05, 0) is 43.4 Å². The molecule has 2 nitrogen and oxygen atoms in total. The minimum absolute atomic E-state index is 0.185. The average molecular weight is 190 g/mol. The van der Waals surface area contributed by atoms with E-state index in [0.29, 0.717) is 11.5 Å². The van der Waals surface area contributed by atoms with E-state index in [1.54, 1.807) is 0 Å². The van der Waals surface area contributed by atoms with Crippen LogP contribution in [0.25, 0.3) is 0 Å². The van der Waals surface area contributed by atoms with Crippen LogP contribution in [0.4, 0.5) is 0 Å². The fraction of sp³-hybridized carbons (Fsp3) is 0.417. The van der Waals surface area contributed by atoms with Gasteiger partial charge in [0.1, 0.15) is 6.61 Å². The van der Waals surface area contributed by atoms with Gasteiger partial charge in [-0.25, -0.2) is 0 Å². The van der Waals surface area contributed by atoms with Crippen LogP contribution in [0, 0.1) is 6.92 Å². The number of aliphatic hydroxyl groups is 1. The Labute approximate surface area is 83.6 Å². The van der Waals surface area contributed by atoms with Crippen molar-refractivity contribution in [1.82, 2.24) is 0 Å². The number of Topliss-reactive ketones (excluding diaryl/α,β-unsaturated/α-hetero) is 1. The highest BCUT2D eigenvalue weighted by atomic mass is 16.3. The summed E-state index contributed by atoms with van der Waals surface area (Å²) in [6.07, 6.45) is 2.46. The Morgan fingerprint density at radius 2 is 2.14 bits per heavy atom. The summed E-state index contributed by atoms with van der Waals surface area (Å²) in [5.41, 5.74) is 3.00. The fourth-order valence-electron chi connectivity index (χ4n) is 1.72. The van der Waals surface area contributed by atoms with Crippen molar-refractivity contribution in [3.8, 4) is 0 Å². The molecule has 1 aromatic carbocycles. The van der Waals surface area contributed by atoms with E-state index < -0.39 is 6.61 Å². The van der Waals surface area contributed by atoms with E-state index in [9.17, 15) is 4.79 Å². The van der Waals surface area contributed by atoms with Crippen LogP contribution >= 0.6 is 0 Å². The number of carbonyl (C=O) groups excluding carboxylic acids is 1. The Morgan fingerprint density at radius 3 is 2.71 bits per heavy atom. The van der Waals surface area contributed by atoms with Crippen molar-refractivity contribution in [2.75, 3.05) is 6.61 Å². The Hall–Kier alpha value is -1.15. The first-order chi connectivity index (χ1) is 6.70. The van der Waals surface area contributed by atoms with E-state index in [2.05, 4.69) is 6.07 Å². The highest BCUT2D eigenvalue weighted by molar-refractivity contribution is 5.97. The molecule has 0 spiro atoms. The van der Waals surface area contributed by atoms with Crippen molar-refractivity contribution in [1.29, 1.82) is 0 Å². The lowest BCUT2D eigenvalue weighted by Crippen LogP contribution is -2.05. The molecule has 2 rings (SSSR count). The summed E-state index contributed by atoms with van der Waals surface area (Å²) in [5.74, 6) is 0.468. The Balaban J connectivity index is 2.35. The zero-order valence-electron chi connectivity index (χ0n) is 8.29. The molecule has 1 fully saturated rings. The number of benzene rings is 1. The second-order valence-electron chi connectivity index (χ2n) is 3.99. The molecule has 1 saturated carbocycles. The molecule has 0 unspecified atom stereocenters. The highest BCUT2D eigenvalue weighted by Crippen LogP contribution is 2.40. The van der Waals surface area contributed by atoms with Crippen LogP contribution in [0.2, 0.25) is 0 Å². The number of aryl methyl sites for hydroxylation is 1. The lowest BCUT2D eigenvalue weighted by Gasteiger charge is -2.04. The fourth-order valence-corrected chi connectivity index (χ4v) is 1.72.